The van der Waals surface area contributed by atoms with E-state index in [0.29, 0.717) is 11.4 Å². The summed E-state index contributed by atoms with van der Waals surface area (Å²) in [5.74, 6) is -0.202. The maximum atomic E-state index is 13.7. The number of anilines is 1. The molecule has 0 atom stereocenters. The number of benzene rings is 2. The molecule has 2 aromatic carbocycles. The van der Waals surface area contributed by atoms with Gasteiger partial charge in [-0.05, 0) is 54.4 Å². The second-order valence-corrected chi connectivity index (χ2v) is 6.64. The molecule has 3 N–H and O–H groups in total. The van der Waals surface area contributed by atoms with Crippen LogP contribution in [0, 0.1) is 12.7 Å². The molecule has 0 aliphatic heterocycles. The van der Waals surface area contributed by atoms with Crippen molar-refractivity contribution in [3.05, 3.63) is 72.4 Å². The standard InChI is InChI=1S/C22H18FN5O/c1-13-9-15(4-6-18(13)23)21-16(3-2-8-25-21)14-5-7-19-17(10-14)22(28-12-27-19)26-11-20(24)29/h2-10,12H,11H2,1H3,(H2,24,29)(H,26,27,28). The van der Waals surface area contributed by atoms with E-state index in [1.807, 2.05) is 30.3 Å². The van der Waals surface area contributed by atoms with Gasteiger partial charge in [0.15, 0.2) is 0 Å². The van der Waals surface area contributed by atoms with Crippen molar-refractivity contribution in [2.24, 2.45) is 5.73 Å². The van der Waals surface area contributed by atoms with Gasteiger partial charge in [-0.25, -0.2) is 14.4 Å². The van der Waals surface area contributed by atoms with Crippen LogP contribution in [0.2, 0.25) is 0 Å². The predicted molar refractivity (Wildman–Crippen MR) is 111 cm³/mol. The van der Waals surface area contributed by atoms with Gasteiger partial charge in [-0.15, -0.1) is 0 Å². The van der Waals surface area contributed by atoms with Crippen molar-refractivity contribution in [3.63, 3.8) is 0 Å². The minimum Gasteiger partial charge on any atom is -0.368 e. The number of hydrogen-bond donors (Lipinski definition) is 2. The highest BCUT2D eigenvalue weighted by molar-refractivity contribution is 5.95. The molecule has 1 amide bonds. The SMILES string of the molecule is Cc1cc(-c2ncccc2-c2ccc3ncnc(NCC(N)=O)c3c2)ccc1F. The van der Waals surface area contributed by atoms with Crippen LogP contribution in [0.5, 0.6) is 0 Å². The van der Waals surface area contributed by atoms with Crippen LogP contribution in [-0.2, 0) is 4.79 Å². The monoisotopic (exact) mass is 387 g/mol. The average molecular weight is 387 g/mol. The Morgan fingerprint density at radius 2 is 1.90 bits per heavy atom. The van der Waals surface area contributed by atoms with Gasteiger partial charge in [0.05, 0.1) is 17.8 Å². The first-order valence-corrected chi connectivity index (χ1v) is 9.02. The number of aromatic nitrogens is 3. The van der Waals surface area contributed by atoms with Gasteiger partial charge in [-0.1, -0.05) is 12.1 Å². The van der Waals surface area contributed by atoms with Gasteiger partial charge in [0.1, 0.15) is 18.0 Å². The van der Waals surface area contributed by atoms with Crippen LogP contribution in [0.15, 0.2) is 61.1 Å². The summed E-state index contributed by atoms with van der Waals surface area (Å²) in [5.41, 5.74) is 9.90. The van der Waals surface area contributed by atoms with Gasteiger partial charge in [-0.2, -0.15) is 0 Å². The van der Waals surface area contributed by atoms with Crippen LogP contribution >= 0.6 is 0 Å². The zero-order chi connectivity index (χ0) is 20.4. The highest BCUT2D eigenvalue weighted by atomic mass is 19.1. The van der Waals surface area contributed by atoms with Crippen molar-refractivity contribution >= 4 is 22.6 Å². The average Bonchev–Trinajstić information content (AvgIpc) is 2.74. The van der Waals surface area contributed by atoms with Crippen molar-refractivity contribution in [2.75, 3.05) is 11.9 Å². The van der Waals surface area contributed by atoms with E-state index in [4.69, 9.17) is 5.73 Å². The van der Waals surface area contributed by atoms with Gasteiger partial charge in [0, 0.05) is 22.7 Å². The third kappa shape index (κ3) is 3.75. The number of nitrogens with zero attached hydrogens (tertiary/aromatic N) is 3. The van der Waals surface area contributed by atoms with E-state index in [2.05, 4.69) is 20.3 Å². The van der Waals surface area contributed by atoms with Crippen molar-refractivity contribution in [3.8, 4) is 22.4 Å². The van der Waals surface area contributed by atoms with E-state index in [-0.39, 0.29) is 12.4 Å². The summed E-state index contributed by atoms with van der Waals surface area (Å²) in [6, 6.07) is 14.5. The number of carbonyl (C=O) groups excluding carboxylic acids is 1. The number of pyridine rings is 1. The summed E-state index contributed by atoms with van der Waals surface area (Å²) >= 11 is 0. The smallest absolute Gasteiger partial charge is 0.236 e. The zero-order valence-corrected chi connectivity index (χ0v) is 15.7. The minimum atomic E-state index is -0.478. The van der Waals surface area contributed by atoms with Crippen LogP contribution in [0.1, 0.15) is 5.56 Å². The Morgan fingerprint density at radius 3 is 2.69 bits per heavy atom. The zero-order valence-electron chi connectivity index (χ0n) is 15.7. The maximum Gasteiger partial charge on any atom is 0.236 e. The number of rotatable bonds is 5. The second kappa shape index (κ2) is 7.63. The quantitative estimate of drug-likeness (QED) is 0.545. The molecule has 29 heavy (non-hydrogen) atoms. The molecule has 0 radical (unpaired) electrons. The lowest BCUT2D eigenvalue weighted by Crippen LogP contribution is -2.22. The van der Waals surface area contributed by atoms with Crippen molar-refractivity contribution in [2.45, 2.75) is 6.92 Å². The van der Waals surface area contributed by atoms with Crippen molar-refractivity contribution in [1.82, 2.24) is 15.0 Å². The Kier molecular flexibility index (Phi) is 4.87. The molecule has 144 valence electrons. The largest absolute Gasteiger partial charge is 0.368 e. The molecular weight excluding hydrogens is 369 g/mol. The van der Waals surface area contributed by atoms with Crippen molar-refractivity contribution in [1.29, 1.82) is 0 Å². The molecule has 0 saturated heterocycles. The van der Waals surface area contributed by atoms with Gasteiger partial charge in [0.25, 0.3) is 0 Å². The molecule has 4 aromatic rings. The van der Waals surface area contributed by atoms with Gasteiger partial charge < -0.3 is 11.1 Å². The number of fused-ring (bicyclic) bond motifs is 1. The lowest BCUT2D eigenvalue weighted by molar-refractivity contribution is -0.116. The molecule has 0 saturated carbocycles. The number of halogens is 1. The first-order valence-electron chi connectivity index (χ1n) is 9.02. The van der Waals surface area contributed by atoms with Crippen LogP contribution in [0.25, 0.3) is 33.3 Å². The highest BCUT2D eigenvalue weighted by Crippen LogP contribution is 2.33. The maximum absolute atomic E-state index is 13.7. The van der Waals surface area contributed by atoms with Crippen LogP contribution < -0.4 is 11.1 Å². The van der Waals surface area contributed by atoms with E-state index in [0.717, 1.165) is 33.3 Å². The molecule has 0 spiro atoms. The summed E-state index contributed by atoms with van der Waals surface area (Å²) in [5, 5.41) is 3.70. The molecule has 0 aliphatic carbocycles. The molecule has 6 nitrogen and oxygen atoms in total. The van der Waals surface area contributed by atoms with Crippen LogP contribution in [0.4, 0.5) is 10.2 Å². The third-order valence-electron chi connectivity index (χ3n) is 4.62. The van der Waals surface area contributed by atoms with Crippen LogP contribution in [-0.4, -0.2) is 27.4 Å². The fourth-order valence-electron chi connectivity index (χ4n) is 3.20. The van der Waals surface area contributed by atoms with E-state index in [9.17, 15) is 9.18 Å². The number of nitrogens with two attached hydrogens (primary N) is 1. The summed E-state index contributed by atoms with van der Waals surface area (Å²) in [7, 11) is 0. The number of carbonyl (C=O) groups is 1. The summed E-state index contributed by atoms with van der Waals surface area (Å²) < 4.78 is 13.7. The van der Waals surface area contributed by atoms with Crippen LogP contribution in [0.3, 0.4) is 0 Å². The number of amides is 1. The first-order chi connectivity index (χ1) is 14.0. The molecule has 0 aliphatic rings. The topological polar surface area (TPSA) is 93.8 Å². The number of hydrogen-bond acceptors (Lipinski definition) is 5. The van der Waals surface area contributed by atoms with Crippen molar-refractivity contribution < 1.29 is 9.18 Å². The summed E-state index contributed by atoms with van der Waals surface area (Å²) in [6.45, 7) is 1.70. The first kappa shape index (κ1) is 18.5. The molecule has 2 heterocycles. The second-order valence-electron chi connectivity index (χ2n) is 6.64. The molecule has 2 aromatic heterocycles. The summed E-state index contributed by atoms with van der Waals surface area (Å²) in [4.78, 5) is 24.2. The third-order valence-corrected chi connectivity index (χ3v) is 4.62. The number of primary amides is 1. The Hall–Kier alpha value is -3.87. The lowest BCUT2D eigenvalue weighted by Gasteiger charge is -2.12. The summed E-state index contributed by atoms with van der Waals surface area (Å²) in [6.07, 6.45) is 3.14. The molecule has 4 rings (SSSR count). The lowest BCUT2D eigenvalue weighted by atomic mass is 9.97. The van der Waals surface area contributed by atoms with Gasteiger partial charge in [-0.3, -0.25) is 9.78 Å². The highest BCUT2D eigenvalue weighted by Gasteiger charge is 2.12. The predicted octanol–water partition coefficient (Wildman–Crippen LogP) is 3.70. The van der Waals surface area contributed by atoms with E-state index in [1.54, 1.807) is 25.3 Å². The number of nitrogens with one attached hydrogen (secondary N) is 1. The van der Waals surface area contributed by atoms with E-state index < -0.39 is 5.91 Å². The fraction of sp³-hybridized carbons (Fsp3) is 0.0909. The Balaban J connectivity index is 1.84. The van der Waals surface area contributed by atoms with E-state index >= 15 is 0 Å². The molecule has 0 unspecified atom stereocenters. The Labute approximate surface area is 166 Å². The Bertz CT molecular complexity index is 1220. The normalized spacial score (nSPS) is 10.8. The Morgan fingerprint density at radius 1 is 1.07 bits per heavy atom. The number of aryl methyl sites for hydroxylation is 1. The minimum absolute atomic E-state index is 0.0245. The van der Waals surface area contributed by atoms with Gasteiger partial charge in [0.2, 0.25) is 5.91 Å². The molecule has 0 bridgehead atoms. The van der Waals surface area contributed by atoms with E-state index in [1.165, 1.54) is 12.4 Å². The molecule has 7 heteroatoms. The van der Waals surface area contributed by atoms with Gasteiger partial charge >= 0.3 is 0 Å². The molecule has 0 fully saturated rings. The fourth-order valence-corrected chi connectivity index (χ4v) is 3.20. The molecular formula is C22H18FN5O.